The fraction of sp³-hybridized carbons (Fsp3) is 0.324. The molecule has 3 aromatic rings. The molecule has 4 heteroatoms. The Morgan fingerprint density at radius 2 is 1.78 bits per heavy atom. The first-order valence-electron chi connectivity index (χ1n) is 14.9. The standard InChI is InChI=1S/C37H38N2O2/c1-23-11-5-8-14-28(23)33-30-22-39(21-25-17-19-27(41-4)20-18-25)37(40)35(30)34-29-15-9-10-16-31(29)38(3)36(34)32(33)24(2)26-12-6-7-13-26/h5-6,8-12,14-20,24,26,29,31H,7,13,21-22H2,1-4H3/t24-,26?,29?,31?/m1/s1. The third-order valence-corrected chi connectivity index (χ3v) is 9.84. The van der Waals surface area contributed by atoms with E-state index in [4.69, 9.17) is 4.74 Å². The summed E-state index contributed by atoms with van der Waals surface area (Å²) in [4.78, 5) is 19.0. The maximum atomic E-state index is 14.5. The van der Waals surface area contributed by atoms with Crippen LogP contribution < -0.4 is 9.64 Å². The Hall–Kier alpha value is -4.05. The number of benzene rings is 3. The predicted octanol–water partition coefficient (Wildman–Crippen LogP) is 7.92. The lowest BCUT2D eigenvalue weighted by molar-refractivity contribution is 0.0766. The Kier molecular flexibility index (Phi) is 6.37. The molecule has 2 heterocycles. The van der Waals surface area contributed by atoms with Gasteiger partial charge in [0, 0.05) is 31.7 Å². The summed E-state index contributed by atoms with van der Waals surface area (Å²) in [7, 11) is 3.92. The van der Waals surface area contributed by atoms with E-state index in [2.05, 4.69) is 98.6 Å². The minimum absolute atomic E-state index is 0.152. The number of nitrogens with zero attached hydrogens (tertiary/aromatic N) is 2. The fourth-order valence-corrected chi connectivity index (χ4v) is 7.71. The van der Waals surface area contributed by atoms with E-state index >= 15 is 0 Å². The number of hydrogen-bond acceptors (Lipinski definition) is 3. The van der Waals surface area contributed by atoms with E-state index in [1.807, 2.05) is 17.0 Å². The molecule has 0 N–H and O–H groups in total. The number of carbonyl (C=O) groups is 1. The molecule has 7 rings (SSSR count). The van der Waals surface area contributed by atoms with Crippen LogP contribution in [0.5, 0.6) is 5.75 Å². The van der Waals surface area contributed by atoms with Crippen molar-refractivity contribution in [3.8, 4) is 16.9 Å². The van der Waals surface area contributed by atoms with E-state index in [1.54, 1.807) is 7.11 Å². The Bertz CT molecular complexity index is 1610. The highest BCUT2D eigenvalue weighted by molar-refractivity contribution is 6.06. The van der Waals surface area contributed by atoms with Crippen molar-refractivity contribution in [2.45, 2.75) is 57.7 Å². The molecule has 0 aromatic heterocycles. The average Bonchev–Trinajstić information content (AvgIpc) is 3.71. The summed E-state index contributed by atoms with van der Waals surface area (Å²) < 4.78 is 5.37. The zero-order chi connectivity index (χ0) is 28.2. The third-order valence-electron chi connectivity index (χ3n) is 9.84. The molecule has 4 nitrogen and oxygen atoms in total. The van der Waals surface area contributed by atoms with Crippen LogP contribution in [0.2, 0.25) is 0 Å². The van der Waals surface area contributed by atoms with Crippen molar-refractivity contribution in [3.05, 3.63) is 118 Å². The van der Waals surface area contributed by atoms with Crippen LogP contribution >= 0.6 is 0 Å². The van der Waals surface area contributed by atoms with Crippen molar-refractivity contribution in [2.75, 3.05) is 19.1 Å². The second-order valence-electron chi connectivity index (χ2n) is 12.1. The summed E-state index contributed by atoms with van der Waals surface area (Å²) in [6.07, 6.45) is 16.0. The molecule has 4 atom stereocenters. The maximum absolute atomic E-state index is 14.5. The van der Waals surface area contributed by atoms with Crippen LogP contribution in [0.4, 0.5) is 5.69 Å². The zero-order valence-electron chi connectivity index (χ0n) is 24.4. The lowest BCUT2D eigenvalue weighted by Gasteiger charge is -2.31. The highest BCUT2D eigenvalue weighted by Gasteiger charge is 2.46. The first-order chi connectivity index (χ1) is 20.0. The van der Waals surface area contributed by atoms with Gasteiger partial charge < -0.3 is 14.5 Å². The van der Waals surface area contributed by atoms with Gasteiger partial charge in [0.2, 0.25) is 0 Å². The van der Waals surface area contributed by atoms with Gasteiger partial charge in [0.1, 0.15) is 5.75 Å². The topological polar surface area (TPSA) is 32.8 Å². The van der Waals surface area contributed by atoms with Gasteiger partial charge in [-0.3, -0.25) is 4.79 Å². The van der Waals surface area contributed by atoms with Crippen LogP contribution in [0.1, 0.15) is 69.8 Å². The SMILES string of the molecule is COc1ccc(CN2Cc3c(c4c(c([C@H](C)C5C=CCC5)c3-c3ccccc3C)N(C)C3C=CC=CC43)C2=O)cc1. The van der Waals surface area contributed by atoms with E-state index in [1.165, 1.54) is 45.5 Å². The maximum Gasteiger partial charge on any atom is 0.255 e. The lowest BCUT2D eigenvalue weighted by atomic mass is 9.75. The van der Waals surface area contributed by atoms with Gasteiger partial charge in [0.25, 0.3) is 5.91 Å². The first kappa shape index (κ1) is 25.9. The van der Waals surface area contributed by atoms with Crippen LogP contribution in [-0.2, 0) is 13.1 Å². The number of hydrogen-bond donors (Lipinski definition) is 0. The van der Waals surface area contributed by atoms with Gasteiger partial charge in [-0.1, -0.05) is 79.8 Å². The average molecular weight is 543 g/mol. The van der Waals surface area contributed by atoms with E-state index in [-0.39, 0.29) is 17.9 Å². The van der Waals surface area contributed by atoms with Crippen molar-refractivity contribution >= 4 is 11.6 Å². The van der Waals surface area contributed by atoms with E-state index in [0.29, 0.717) is 24.9 Å². The van der Waals surface area contributed by atoms with E-state index in [0.717, 1.165) is 23.3 Å². The van der Waals surface area contributed by atoms with Crippen LogP contribution in [0, 0.1) is 12.8 Å². The molecule has 0 spiro atoms. The summed E-state index contributed by atoms with van der Waals surface area (Å²) >= 11 is 0. The number of aryl methyl sites for hydroxylation is 1. The fourth-order valence-electron chi connectivity index (χ4n) is 7.71. The highest BCUT2D eigenvalue weighted by atomic mass is 16.5. The molecular weight excluding hydrogens is 504 g/mol. The number of anilines is 1. The van der Waals surface area contributed by atoms with E-state index in [9.17, 15) is 4.79 Å². The van der Waals surface area contributed by atoms with Crippen LogP contribution in [-0.4, -0.2) is 31.0 Å². The molecular formula is C37H38N2O2. The number of rotatable bonds is 6. The van der Waals surface area contributed by atoms with Crippen molar-refractivity contribution in [3.63, 3.8) is 0 Å². The highest BCUT2D eigenvalue weighted by Crippen LogP contribution is 2.56. The minimum Gasteiger partial charge on any atom is -0.497 e. The van der Waals surface area contributed by atoms with E-state index < -0.39 is 0 Å². The molecule has 3 aromatic carbocycles. The molecule has 1 amide bonds. The summed E-state index contributed by atoms with van der Waals surface area (Å²) in [5.41, 5.74) is 11.0. The second kappa shape index (κ2) is 10.1. The molecule has 3 unspecified atom stereocenters. The zero-order valence-corrected chi connectivity index (χ0v) is 24.4. The van der Waals surface area contributed by atoms with Crippen molar-refractivity contribution < 1.29 is 9.53 Å². The van der Waals surface area contributed by atoms with Crippen LogP contribution in [0.3, 0.4) is 0 Å². The number of carbonyl (C=O) groups excluding carboxylic acids is 1. The Morgan fingerprint density at radius 1 is 1.00 bits per heavy atom. The smallest absolute Gasteiger partial charge is 0.255 e. The molecule has 0 bridgehead atoms. The number of likely N-dealkylation sites (N-methyl/N-ethyl adjacent to an activating group) is 1. The number of allylic oxidation sites excluding steroid dienone is 4. The number of amides is 1. The second-order valence-corrected chi connectivity index (χ2v) is 12.1. The minimum atomic E-state index is 0.152. The van der Waals surface area contributed by atoms with Gasteiger partial charge in [0.05, 0.1) is 18.7 Å². The largest absolute Gasteiger partial charge is 0.497 e. The molecule has 41 heavy (non-hydrogen) atoms. The van der Waals surface area contributed by atoms with Crippen LogP contribution in [0.15, 0.2) is 85.0 Å². The predicted molar refractivity (Wildman–Crippen MR) is 167 cm³/mol. The lowest BCUT2D eigenvalue weighted by Crippen LogP contribution is -2.29. The Labute approximate surface area is 243 Å². The van der Waals surface area contributed by atoms with Gasteiger partial charge >= 0.3 is 0 Å². The van der Waals surface area contributed by atoms with Crippen molar-refractivity contribution in [1.29, 1.82) is 0 Å². The Balaban J connectivity index is 1.47. The van der Waals surface area contributed by atoms with Gasteiger partial charge in [0.15, 0.2) is 0 Å². The van der Waals surface area contributed by atoms with Crippen molar-refractivity contribution in [2.24, 2.45) is 5.92 Å². The summed E-state index contributed by atoms with van der Waals surface area (Å²) in [5.74, 6) is 1.99. The number of ether oxygens (including phenoxy) is 1. The summed E-state index contributed by atoms with van der Waals surface area (Å²) in [6, 6.07) is 17.1. The molecule has 0 radical (unpaired) electrons. The monoisotopic (exact) mass is 542 g/mol. The Morgan fingerprint density at radius 3 is 2.51 bits per heavy atom. The quantitative estimate of drug-likeness (QED) is 0.297. The normalized spacial score (nSPS) is 22.7. The van der Waals surface area contributed by atoms with Gasteiger partial charge in [-0.05, 0) is 82.7 Å². The van der Waals surface area contributed by atoms with Gasteiger partial charge in [-0.15, -0.1) is 0 Å². The molecule has 2 aliphatic heterocycles. The molecule has 0 saturated carbocycles. The molecule has 0 saturated heterocycles. The number of methoxy groups -OCH3 is 1. The molecule has 2 aliphatic carbocycles. The van der Waals surface area contributed by atoms with Crippen molar-refractivity contribution in [1.82, 2.24) is 4.90 Å². The third kappa shape index (κ3) is 4.07. The van der Waals surface area contributed by atoms with Gasteiger partial charge in [-0.25, -0.2) is 0 Å². The van der Waals surface area contributed by atoms with Gasteiger partial charge in [-0.2, -0.15) is 0 Å². The van der Waals surface area contributed by atoms with Crippen LogP contribution in [0.25, 0.3) is 11.1 Å². The summed E-state index contributed by atoms with van der Waals surface area (Å²) in [5, 5.41) is 0. The molecule has 0 fully saturated rings. The molecule has 208 valence electrons. The first-order valence-corrected chi connectivity index (χ1v) is 14.9. The summed E-state index contributed by atoms with van der Waals surface area (Å²) in [6.45, 7) is 5.82. The number of fused-ring (bicyclic) bond motifs is 5. The molecule has 4 aliphatic rings.